The van der Waals surface area contributed by atoms with Gasteiger partial charge in [-0.1, -0.05) is 6.07 Å². The second-order valence-corrected chi connectivity index (χ2v) is 6.93. The lowest BCUT2D eigenvalue weighted by Gasteiger charge is -2.22. The maximum atomic E-state index is 12.9. The summed E-state index contributed by atoms with van der Waals surface area (Å²) in [6.07, 6.45) is 0.875. The molecule has 1 aliphatic rings. The molecule has 0 spiro atoms. The number of carbonyl (C=O) groups excluding carboxylic acids is 2. The van der Waals surface area contributed by atoms with Crippen LogP contribution < -0.4 is 16.0 Å². The van der Waals surface area contributed by atoms with Crippen LogP contribution in [0.25, 0.3) is 0 Å². The number of urea groups is 1. The Labute approximate surface area is 169 Å². The lowest BCUT2D eigenvalue weighted by atomic mass is 10.0. The van der Waals surface area contributed by atoms with Crippen molar-refractivity contribution in [3.63, 3.8) is 0 Å². The smallest absolute Gasteiger partial charge is 0.318 e. The molecule has 1 fully saturated rings. The van der Waals surface area contributed by atoms with Crippen LogP contribution in [-0.2, 0) is 0 Å². The minimum Gasteiger partial charge on any atom is -0.366 e. The molecule has 2 heterocycles. The van der Waals surface area contributed by atoms with Crippen LogP contribution in [0.1, 0.15) is 29.4 Å². The summed E-state index contributed by atoms with van der Waals surface area (Å²) in [5, 5.41) is 25.1. The summed E-state index contributed by atoms with van der Waals surface area (Å²) in [6.45, 7) is 3.35. The molecule has 150 valence electrons. The highest BCUT2D eigenvalue weighted by Crippen LogP contribution is 2.24. The minimum absolute atomic E-state index is 0.0570. The first-order chi connectivity index (χ1) is 14.0. The average molecular weight is 393 g/mol. The van der Waals surface area contributed by atoms with Gasteiger partial charge in [0, 0.05) is 37.4 Å². The molecule has 0 bridgehead atoms. The van der Waals surface area contributed by atoms with Crippen molar-refractivity contribution in [2.45, 2.75) is 19.4 Å². The lowest BCUT2D eigenvalue weighted by molar-refractivity contribution is 0.0786. The van der Waals surface area contributed by atoms with Crippen molar-refractivity contribution in [1.82, 2.24) is 20.4 Å². The fourth-order valence-electron chi connectivity index (χ4n) is 3.31. The molecule has 1 aromatic carbocycles. The third-order valence-electron chi connectivity index (χ3n) is 4.97. The Kier molecular flexibility index (Phi) is 6.24. The predicted octanol–water partition coefficient (Wildman–Crippen LogP) is 2.06. The number of benzene rings is 1. The Morgan fingerprint density at radius 3 is 2.79 bits per heavy atom. The van der Waals surface area contributed by atoms with Gasteiger partial charge in [-0.15, -0.1) is 10.2 Å². The molecule has 3 rings (SSSR count). The van der Waals surface area contributed by atoms with Gasteiger partial charge >= 0.3 is 6.03 Å². The van der Waals surface area contributed by atoms with Gasteiger partial charge < -0.3 is 20.9 Å². The SMILES string of the molecule is CNC(=O)Nc1cccc(C(=O)N2CCC(C(C)Nc3ccc(C#N)nn3)C2)c1. The molecule has 9 nitrogen and oxygen atoms in total. The van der Waals surface area contributed by atoms with Gasteiger partial charge in [-0.25, -0.2) is 4.79 Å². The second-order valence-electron chi connectivity index (χ2n) is 6.93. The van der Waals surface area contributed by atoms with Crippen molar-refractivity contribution in [2.75, 3.05) is 30.8 Å². The van der Waals surface area contributed by atoms with Gasteiger partial charge in [0.2, 0.25) is 0 Å². The summed E-state index contributed by atoms with van der Waals surface area (Å²) in [5.41, 5.74) is 1.38. The van der Waals surface area contributed by atoms with Crippen LogP contribution in [0.5, 0.6) is 0 Å². The van der Waals surface area contributed by atoms with E-state index in [4.69, 9.17) is 5.26 Å². The number of nitrogens with zero attached hydrogens (tertiary/aromatic N) is 4. The van der Waals surface area contributed by atoms with E-state index < -0.39 is 0 Å². The number of anilines is 2. The number of nitriles is 1. The molecule has 0 saturated carbocycles. The highest BCUT2D eigenvalue weighted by molar-refractivity contribution is 5.97. The molecule has 1 aliphatic heterocycles. The van der Waals surface area contributed by atoms with Gasteiger partial charge in [0.1, 0.15) is 11.9 Å². The molecule has 3 amide bonds. The van der Waals surface area contributed by atoms with Crippen molar-refractivity contribution >= 4 is 23.4 Å². The molecule has 0 aliphatic carbocycles. The zero-order chi connectivity index (χ0) is 20.8. The number of hydrogen-bond donors (Lipinski definition) is 3. The van der Waals surface area contributed by atoms with Crippen LogP contribution in [0.15, 0.2) is 36.4 Å². The molecular formula is C20H23N7O2. The fraction of sp³-hybridized carbons (Fsp3) is 0.350. The number of aromatic nitrogens is 2. The maximum absolute atomic E-state index is 12.9. The third-order valence-corrected chi connectivity index (χ3v) is 4.97. The van der Waals surface area contributed by atoms with Gasteiger partial charge in [0.05, 0.1) is 0 Å². The van der Waals surface area contributed by atoms with Crippen molar-refractivity contribution in [3.8, 4) is 6.07 Å². The Morgan fingerprint density at radius 2 is 2.10 bits per heavy atom. The molecule has 2 unspecified atom stereocenters. The number of nitrogens with one attached hydrogen (secondary N) is 3. The molecule has 9 heteroatoms. The number of likely N-dealkylation sites (tertiary alicyclic amines) is 1. The second kappa shape index (κ2) is 9.01. The van der Waals surface area contributed by atoms with Crippen LogP contribution in [-0.4, -0.2) is 53.2 Å². The van der Waals surface area contributed by atoms with Crippen LogP contribution in [0, 0.1) is 17.2 Å². The molecule has 1 aromatic heterocycles. The van der Waals surface area contributed by atoms with Gasteiger partial charge in [0.15, 0.2) is 5.69 Å². The van der Waals surface area contributed by atoms with Crippen molar-refractivity contribution in [1.29, 1.82) is 5.26 Å². The Morgan fingerprint density at radius 1 is 1.28 bits per heavy atom. The van der Waals surface area contributed by atoms with Crippen LogP contribution in [0.3, 0.4) is 0 Å². The van der Waals surface area contributed by atoms with Gasteiger partial charge in [-0.3, -0.25) is 4.79 Å². The van der Waals surface area contributed by atoms with E-state index in [1.165, 1.54) is 7.05 Å². The number of carbonyl (C=O) groups is 2. The number of amides is 3. The summed E-state index contributed by atoms with van der Waals surface area (Å²) in [4.78, 5) is 26.2. The van der Waals surface area contributed by atoms with E-state index in [2.05, 4.69) is 26.1 Å². The Bertz CT molecular complexity index is 923. The van der Waals surface area contributed by atoms with Gasteiger partial charge in [-0.05, 0) is 49.6 Å². The summed E-state index contributed by atoms with van der Waals surface area (Å²) < 4.78 is 0. The first kappa shape index (κ1) is 20.1. The topological polar surface area (TPSA) is 123 Å². The monoisotopic (exact) mass is 393 g/mol. The van der Waals surface area contributed by atoms with Gasteiger partial charge in [-0.2, -0.15) is 5.26 Å². The summed E-state index contributed by atoms with van der Waals surface area (Å²) in [5.74, 6) is 0.816. The molecule has 2 aromatic rings. The maximum Gasteiger partial charge on any atom is 0.318 e. The molecule has 2 atom stereocenters. The van der Waals surface area contributed by atoms with E-state index in [9.17, 15) is 9.59 Å². The van der Waals surface area contributed by atoms with E-state index in [0.717, 1.165) is 6.42 Å². The normalized spacial score (nSPS) is 16.6. The summed E-state index contributed by atoms with van der Waals surface area (Å²) in [7, 11) is 1.54. The summed E-state index contributed by atoms with van der Waals surface area (Å²) >= 11 is 0. The zero-order valence-electron chi connectivity index (χ0n) is 16.3. The largest absolute Gasteiger partial charge is 0.366 e. The molecular weight excluding hydrogens is 370 g/mol. The molecule has 0 radical (unpaired) electrons. The van der Waals surface area contributed by atoms with Crippen molar-refractivity contribution in [2.24, 2.45) is 5.92 Å². The average Bonchev–Trinajstić information content (AvgIpc) is 3.24. The molecule has 1 saturated heterocycles. The lowest BCUT2D eigenvalue weighted by Crippen LogP contribution is -2.33. The Balaban J connectivity index is 1.59. The zero-order valence-corrected chi connectivity index (χ0v) is 16.3. The third kappa shape index (κ3) is 4.99. The number of hydrogen-bond acceptors (Lipinski definition) is 6. The van der Waals surface area contributed by atoms with Crippen molar-refractivity contribution in [3.05, 3.63) is 47.7 Å². The molecule has 29 heavy (non-hydrogen) atoms. The highest BCUT2D eigenvalue weighted by Gasteiger charge is 2.30. The van der Waals surface area contributed by atoms with Crippen molar-refractivity contribution < 1.29 is 9.59 Å². The van der Waals surface area contributed by atoms with E-state index >= 15 is 0 Å². The van der Waals surface area contributed by atoms with E-state index in [0.29, 0.717) is 30.2 Å². The standard InChI is InChI=1S/C20H23N7O2/c1-13(23-18-7-6-17(11-21)25-26-18)15-8-9-27(12-15)19(28)14-4-3-5-16(10-14)24-20(29)22-2/h3-7,10,13,15H,8-9,12H2,1-2H3,(H,23,26)(H2,22,24,29). The molecule has 3 N–H and O–H groups in total. The highest BCUT2D eigenvalue weighted by atomic mass is 16.2. The van der Waals surface area contributed by atoms with E-state index in [1.54, 1.807) is 36.4 Å². The quantitative estimate of drug-likeness (QED) is 0.714. The van der Waals surface area contributed by atoms with Gasteiger partial charge in [0.25, 0.3) is 5.91 Å². The van der Waals surface area contributed by atoms with Crippen LogP contribution >= 0.6 is 0 Å². The van der Waals surface area contributed by atoms with Crippen LogP contribution in [0.2, 0.25) is 0 Å². The predicted molar refractivity (Wildman–Crippen MR) is 108 cm³/mol. The number of rotatable bonds is 5. The summed E-state index contributed by atoms with van der Waals surface area (Å²) in [6, 6.07) is 12.0. The fourth-order valence-corrected chi connectivity index (χ4v) is 3.31. The Hall–Kier alpha value is -3.67. The van der Waals surface area contributed by atoms with E-state index in [1.807, 2.05) is 17.9 Å². The van der Waals surface area contributed by atoms with E-state index in [-0.39, 0.29) is 29.6 Å². The first-order valence-corrected chi connectivity index (χ1v) is 9.38. The minimum atomic E-state index is -0.332. The first-order valence-electron chi connectivity index (χ1n) is 9.38. The van der Waals surface area contributed by atoms with Crippen LogP contribution in [0.4, 0.5) is 16.3 Å².